The first-order chi connectivity index (χ1) is 10.3. The second-order valence-corrected chi connectivity index (χ2v) is 7.83. The Balaban J connectivity index is 1.74. The minimum absolute atomic E-state index is 0.0446. The van der Waals surface area contributed by atoms with E-state index >= 15 is 0 Å². The topological polar surface area (TPSA) is 92.3 Å². The third kappa shape index (κ3) is 0.979. The summed E-state index contributed by atoms with van der Waals surface area (Å²) in [5, 5.41) is 4.90. The fourth-order valence-electron chi connectivity index (χ4n) is 6.30. The third-order valence-corrected chi connectivity index (χ3v) is 7.12. The zero-order valence-electron chi connectivity index (χ0n) is 12.3. The van der Waals surface area contributed by atoms with Gasteiger partial charge in [-0.05, 0) is 11.8 Å². The van der Waals surface area contributed by atoms with Crippen LogP contribution in [0.3, 0.4) is 0 Å². The molecule has 4 fully saturated rings. The Kier molecular flexibility index (Phi) is 1.82. The summed E-state index contributed by atoms with van der Waals surface area (Å²) in [6.45, 7) is 3.92. The summed E-state index contributed by atoms with van der Waals surface area (Å²) in [4.78, 5) is 49.0. The number of carbonyl (C=O) groups excluding carboxylic acids is 4. The predicted octanol–water partition coefficient (Wildman–Crippen LogP) is -0.394. The lowest BCUT2D eigenvalue weighted by Gasteiger charge is -2.69. The SMILES string of the molecule is C[C@]12C=C[C@@](C)([C@H]3[C@H]4C(=O)NC(=O)[C@@H]4[C@@H]31)[C@H]1C(=O)NC(=O)[C@@H]12. The molecular weight excluding hydrogens is 284 g/mol. The van der Waals surface area contributed by atoms with E-state index in [1.54, 1.807) is 0 Å². The maximum atomic E-state index is 12.3. The summed E-state index contributed by atoms with van der Waals surface area (Å²) in [5.74, 6) is -2.56. The van der Waals surface area contributed by atoms with Crippen molar-refractivity contribution in [2.45, 2.75) is 13.8 Å². The second kappa shape index (κ2) is 3.19. The molecule has 2 heterocycles. The van der Waals surface area contributed by atoms with Crippen LogP contribution < -0.4 is 10.6 Å². The molecule has 6 aliphatic rings. The molecule has 2 saturated heterocycles. The fraction of sp³-hybridized carbons (Fsp3) is 0.625. The largest absolute Gasteiger partial charge is 0.296 e. The highest BCUT2D eigenvalue weighted by Crippen LogP contribution is 2.75. The van der Waals surface area contributed by atoms with Crippen LogP contribution in [0.25, 0.3) is 0 Å². The highest BCUT2D eigenvalue weighted by atomic mass is 16.2. The van der Waals surface area contributed by atoms with Gasteiger partial charge in [-0.15, -0.1) is 0 Å². The van der Waals surface area contributed by atoms with Crippen LogP contribution in [-0.2, 0) is 19.2 Å². The van der Waals surface area contributed by atoms with E-state index in [4.69, 9.17) is 0 Å². The van der Waals surface area contributed by atoms with Crippen molar-refractivity contribution < 1.29 is 19.2 Å². The number of hydrogen-bond donors (Lipinski definition) is 2. The van der Waals surface area contributed by atoms with Crippen LogP contribution in [-0.4, -0.2) is 23.6 Å². The van der Waals surface area contributed by atoms with Crippen LogP contribution in [0.1, 0.15) is 13.8 Å². The summed E-state index contributed by atoms with van der Waals surface area (Å²) in [7, 11) is 0. The quantitative estimate of drug-likeness (QED) is 0.470. The van der Waals surface area contributed by atoms with E-state index in [1.807, 2.05) is 26.0 Å². The zero-order chi connectivity index (χ0) is 15.6. The smallest absolute Gasteiger partial charge is 0.231 e. The van der Waals surface area contributed by atoms with E-state index in [2.05, 4.69) is 10.6 Å². The summed E-state index contributed by atoms with van der Waals surface area (Å²) in [5.41, 5.74) is -1.07. The summed E-state index contributed by atoms with van der Waals surface area (Å²) < 4.78 is 0. The number of hydrogen-bond acceptors (Lipinski definition) is 4. The molecule has 22 heavy (non-hydrogen) atoms. The maximum absolute atomic E-state index is 12.3. The zero-order valence-corrected chi connectivity index (χ0v) is 12.3. The van der Waals surface area contributed by atoms with Crippen molar-refractivity contribution in [3.8, 4) is 0 Å². The van der Waals surface area contributed by atoms with Gasteiger partial charge in [0.1, 0.15) is 0 Å². The molecule has 2 saturated carbocycles. The molecule has 2 aliphatic heterocycles. The Bertz CT molecular complexity index is 670. The van der Waals surface area contributed by atoms with Crippen molar-refractivity contribution in [3.05, 3.63) is 12.2 Å². The number of imide groups is 2. The second-order valence-electron chi connectivity index (χ2n) is 7.83. The highest BCUT2D eigenvalue weighted by Gasteiger charge is 2.79. The van der Waals surface area contributed by atoms with Gasteiger partial charge in [0.25, 0.3) is 0 Å². The monoisotopic (exact) mass is 300 g/mol. The Hall–Kier alpha value is -1.98. The van der Waals surface area contributed by atoms with E-state index in [0.717, 1.165) is 0 Å². The average molecular weight is 300 g/mol. The van der Waals surface area contributed by atoms with E-state index < -0.39 is 22.7 Å². The van der Waals surface area contributed by atoms with Crippen molar-refractivity contribution in [1.29, 1.82) is 0 Å². The maximum Gasteiger partial charge on any atom is 0.231 e. The van der Waals surface area contributed by atoms with Gasteiger partial charge in [0.15, 0.2) is 0 Å². The number of carbonyl (C=O) groups is 4. The fourth-order valence-corrected chi connectivity index (χ4v) is 6.30. The van der Waals surface area contributed by atoms with E-state index in [0.29, 0.717) is 0 Å². The molecule has 114 valence electrons. The first-order valence-corrected chi connectivity index (χ1v) is 7.70. The Morgan fingerprint density at radius 3 is 1.50 bits per heavy atom. The summed E-state index contributed by atoms with van der Waals surface area (Å²) in [6.07, 6.45) is 4.03. The highest BCUT2D eigenvalue weighted by molar-refractivity contribution is 6.09. The lowest BCUT2D eigenvalue weighted by Crippen LogP contribution is -2.70. The van der Waals surface area contributed by atoms with Crippen molar-refractivity contribution in [3.63, 3.8) is 0 Å². The molecule has 0 aromatic rings. The van der Waals surface area contributed by atoms with E-state index in [-0.39, 0.29) is 47.3 Å². The molecule has 0 unspecified atom stereocenters. The molecule has 0 aromatic carbocycles. The Morgan fingerprint density at radius 2 is 1.09 bits per heavy atom. The molecule has 6 heteroatoms. The third-order valence-electron chi connectivity index (χ3n) is 7.12. The van der Waals surface area contributed by atoms with Crippen LogP contribution in [0.4, 0.5) is 0 Å². The van der Waals surface area contributed by atoms with Gasteiger partial charge in [0.05, 0.1) is 23.7 Å². The molecule has 4 aliphatic carbocycles. The number of fused-ring (bicyclic) bond motifs is 1. The molecule has 0 aromatic heterocycles. The van der Waals surface area contributed by atoms with Gasteiger partial charge in [-0.1, -0.05) is 26.0 Å². The lowest BCUT2D eigenvalue weighted by atomic mass is 9.31. The first kappa shape index (κ1) is 12.6. The van der Waals surface area contributed by atoms with Gasteiger partial charge in [-0.3, -0.25) is 29.8 Å². The lowest BCUT2D eigenvalue weighted by molar-refractivity contribution is -0.206. The van der Waals surface area contributed by atoms with Crippen molar-refractivity contribution in [1.82, 2.24) is 10.6 Å². The average Bonchev–Trinajstić information content (AvgIpc) is 2.80. The van der Waals surface area contributed by atoms with Gasteiger partial charge in [-0.25, -0.2) is 0 Å². The van der Waals surface area contributed by atoms with Crippen LogP contribution in [0.2, 0.25) is 0 Å². The van der Waals surface area contributed by atoms with Crippen molar-refractivity contribution in [2.24, 2.45) is 46.3 Å². The van der Waals surface area contributed by atoms with Gasteiger partial charge in [-0.2, -0.15) is 0 Å². The van der Waals surface area contributed by atoms with Crippen molar-refractivity contribution >= 4 is 23.6 Å². The Morgan fingerprint density at radius 1 is 0.727 bits per heavy atom. The number of nitrogens with one attached hydrogen (secondary N) is 2. The molecule has 2 bridgehead atoms. The summed E-state index contributed by atoms with van der Waals surface area (Å²) in [6, 6.07) is 0. The number of amides is 4. The molecule has 8 atom stereocenters. The van der Waals surface area contributed by atoms with Crippen LogP contribution in [0.15, 0.2) is 12.2 Å². The minimum atomic E-state index is -0.535. The van der Waals surface area contributed by atoms with Gasteiger partial charge < -0.3 is 0 Å². The molecule has 0 radical (unpaired) electrons. The number of allylic oxidation sites excluding steroid dienone is 2. The molecule has 0 spiro atoms. The molecule has 4 amide bonds. The van der Waals surface area contributed by atoms with Crippen molar-refractivity contribution in [2.75, 3.05) is 0 Å². The Labute approximate surface area is 126 Å². The van der Waals surface area contributed by atoms with Gasteiger partial charge >= 0.3 is 0 Å². The van der Waals surface area contributed by atoms with Crippen LogP contribution in [0, 0.1) is 46.3 Å². The van der Waals surface area contributed by atoms with E-state index in [1.165, 1.54) is 0 Å². The van der Waals surface area contributed by atoms with E-state index in [9.17, 15) is 19.2 Å². The minimum Gasteiger partial charge on any atom is -0.296 e. The van der Waals surface area contributed by atoms with Crippen LogP contribution in [0.5, 0.6) is 0 Å². The molecular formula is C16H16N2O4. The molecule has 2 N–H and O–H groups in total. The molecule has 6 nitrogen and oxygen atoms in total. The standard InChI is InChI=1S/C16H16N2O4/c1-15-3-4-16(2,10-9(15)13(21)18-14(10)22)8-6-5(7(8)15)11(19)17-12(6)20/h3-10H,1-2H3,(H,17,19,20)(H,18,21,22)/t5-,6-,7-,8-,9+,10+,15-,16-/m0/s1. The van der Waals surface area contributed by atoms with Crippen LogP contribution >= 0.6 is 0 Å². The normalized spacial score (nSPS) is 57.0. The predicted molar refractivity (Wildman–Crippen MR) is 72.6 cm³/mol. The molecule has 6 rings (SSSR count). The number of rotatable bonds is 0. The van der Waals surface area contributed by atoms with Gasteiger partial charge in [0, 0.05) is 10.8 Å². The first-order valence-electron chi connectivity index (χ1n) is 7.70. The summed E-state index contributed by atoms with van der Waals surface area (Å²) >= 11 is 0. The van der Waals surface area contributed by atoms with Gasteiger partial charge in [0.2, 0.25) is 23.6 Å².